The summed E-state index contributed by atoms with van der Waals surface area (Å²) in [5.74, 6) is -2.68. The number of fused-ring (bicyclic) bond motifs is 1. The first-order valence-corrected chi connectivity index (χ1v) is 7.48. The minimum absolute atomic E-state index is 0.0461. The quantitative estimate of drug-likeness (QED) is 0.793. The predicted molar refractivity (Wildman–Crippen MR) is 81.5 cm³/mol. The van der Waals surface area contributed by atoms with Crippen LogP contribution in [-0.2, 0) is 9.47 Å². The van der Waals surface area contributed by atoms with E-state index in [-0.39, 0.29) is 29.2 Å². The van der Waals surface area contributed by atoms with E-state index < -0.39 is 28.9 Å². The zero-order valence-corrected chi connectivity index (χ0v) is 13.2. The van der Waals surface area contributed by atoms with Gasteiger partial charge in [0.05, 0.1) is 19.1 Å². The molecule has 1 fully saturated rings. The summed E-state index contributed by atoms with van der Waals surface area (Å²) in [4.78, 5) is 40.1. The molecular weight excluding hydrogens is 319 g/mol. The Morgan fingerprint density at radius 2 is 2.08 bits per heavy atom. The topological polar surface area (TPSA) is 87.5 Å². The summed E-state index contributed by atoms with van der Waals surface area (Å²) in [7, 11) is 1.12. The van der Waals surface area contributed by atoms with Crippen LogP contribution in [0.1, 0.15) is 46.7 Å². The van der Waals surface area contributed by atoms with Crippen molar-refractivity contribution in [2.45, 2.75) is 25.8 Å². The Kier molecular flexibility index (Phi) is 4.04. The molecule has 126 valence electrons. The van der Waals surface area contributed by atoms with Crippen molar-refractivity contribution >= 4 is 23.0 Å². The molecule has 2 aromatic heterocycles. The van der Waals surface area contributed by atoms with Crippen LogP contribution in [0.4, 0.5) is 4.39 Å². The summed E-state index contributed by atoms with van der Waals surface area (Å²) in [5.41, 5.74) is -1.20. The number of carbonyl (C=O) groups excluding carboxylic acids is 2. The minimum atomic E-state index is -0.977. The van der Waals surface area contributed by atoms with Crippen molar-refractivity contribution in [1.82, 2.24) is 9.55 Å². The van der Waals surface area contributed by atoms with Crippen LogP contribution in [0.15, 0.2) is 17.1 Å². The number of methoxy groups -OCH3 is 1. The number of hydrogen-bond donors (Lipinski definition) is 0. The molecule has 0 spiro atoms. The standard InChI is InChI=1S/C16H15FN2O5/c1-3-24-15(21)10-7-19(8-4-5-8)14-9(13(10)20)6-11(17)12(18-14)16(22)23-2/h6-8H,3-5H2,1-2H3. The van der Waals surface area contributed by atoms with Gasteiger partial charge >= 0.3 is 11.9 Å². The molecule has 0 bridgehead atoms. The van der Waals surface area contributed by atoms with E-state index in [0.29, 0.717) is 0 Å². The first kappa shape index (κ1) is 16.1. The summed E-state index contributed by atoms with van der Waals surface area (Å²) < 4.78 is 25.1. The molecule has 3 rings (SSSR count). The van der Waals surface area contributed by atoms with Crippen molar-refractivity contribution in [3.8, 4) is 0 Å². The highest BCUT2D eigenvalue weighted by Gasteiger charge is 2.29. The first-order chi connectivity index (χ1) is 11.5. The van der Waals surface area contributed by atoms with Gasteiger partial charge in [-0.25, -0.2) is 19.0 Å². The van der Waals surface area contributed by atoms with E-state index in [0.717, 1.165) is 26.0 Å². The van der Waals surface area contributed by atoms with Crippen LogP contribution in [0.5, 0.6) is 0 Å². The SMILES string of the molecule is CCOC(=O)c1cn(C2CC2)c2nc(C(=O)OC)c(F)cc2c1=O. The molecule has 0 atom stereocenters. The fraction of sp³-hybridized carbons (Fsp3) is 0.375. The van der Waals surface area contributed by atoms with Crippen LogP contribution < -0.4 is 5.43 Å². The summed E-state index contributed by atoms with van der Waals surface area (Å²) in [6.45, 7) is 1.75. The minimum Gasteiger partial charge on any atom is -0.464 e. The third-order valence-electron chi connectivity index (χ3n) is 3.77. The molecule has 2 heterocycles. The van der Waals surface area contributed by atoms with Gasteiger partial charge in [-0.05, 0) is 25.8 Å². The Morgan fingerprint density at radius 3 is 2.67 bits per heavy atom. The molecule has 1 aliphatic carbocycles. The number of hydrogen-bond acceptors (Lipinski definition) is 6. The number of ether oxygens (including phenoxy) is 2. The molecule has 0 N–H and O–H groups in total. The summed E-state index contributed by atoms with van der Waals surface area (Å²) in [5, 5.41) is -0.0717. The maximum Gasteiger partial charge on any atom is 0.359 e. The first-order valence-electron chi connectivity index (χ1n) is 7.48. The van der Waals surface area contributed by atoms with Crippen LogP contribution >= 0.6 is 0 Å². The van der Waals surface area contributed by atoms with Crippen molar-refractivity contribution in [2.24, 2.45) is 0 Å². The van der Waals surface area contributed by atoms with Crippen molar-refractivity contribution in [1.29, 1.82) is 0 Å². The number of rotatable bonds is 4. The van der Waals surface area contributed by atoms with Gasteiger partial charge in [-0.1, -0.05) is 0 Å². The van der Waals surface area contributed by atoms with E-state index in [1.807, 2.05) is 0 Å². The third-order valence-corrected chi connectivity index (χ3v) is 3.77. The van der Waals surface area contributed by atoms with E-state index in [1.165, 1.54) is 6.20 Å². The lowest BCUT2D eigenvalue weighted by molar-refractivity contribution is 0.0522. The second-order valence-corrected chi connectivity index (χ2v) is 5.41. The smallest absolute Gasteiger partial charge is 0.359 e. The van der Waals surface area contributed by atoms with Gasteiger partial charge in [-0.2, -0.15) is 0 Å². The molecule has 0 aliphatic heterocycles. The van der Waals surface area contributed by atoms with Crippen molar-refractivity contribution < 1.29 is 23.5 Å². The predicted octanol–water partition coefficient (Wildman–Crippen LogP) is 1.83. The van der Waals surface area contributed by atoms with E-state index >= 15 is 0 Å². The Hall–Kier alpha value is -2.77. The van der Waals surface area contributed by atoms with Crippen molar-refractivity contribution in [3.63, 3.8) is 0 Å². The van der Waals surface area contributed by atoms with Gasteiger partial charge in [0.2, 0.25) is 5.43 Å². The van der Waals surface area contributed by atoms with Gasteiger partial charge in [-0.15, -0.1) is 0 Å². The lowest BCUT2D eigenvalue weighted by atomic mass is 10.1. The number of halogens is 1. The normalized spacial score (nSPS) is 13.8. The van der Waals surface area contributed by atoms with Crippen molar-refractivity contribution in [3.05, 3.63) is 39.6 Å². The second kappa shape index (κ2) is 6.03. The number of aromatic nitrogens is 2. The third kappa shape index (κ3) is 2.64. The highest BCUT2D eigenvalue weighted by atomic mass is 19.1. The largest absolute Gasteiger partial charge is 0.464 e. The molecule has 0 amide bonds. The molecule has 0 aromatic carbocycles. The van der Waals surface area contributed by atoms with Gasteiger partial charge in [0.1, 0.15) is 11.2 Å². The zero-order valence-electron chi connectivity index (χ0n) is 13.2. The average Bonchev–Trinajstić information content (AvgIpc) is 3.39. The van der Waals surface area contributed by atoms with E-state index in [9.17, 15) is 18.8 Å². The highest BCUT2D eigenvalue weighted by Crippen LogP contribution is 2.36. The number of pyridine rings is 2. The van der Waals surface area contributed by atoms with E-state index in [2.05, 4.69) is 9.72 Å². The number of carbonyl (C=O) groups is 2. The van der Waals surface area contributed by atoms with Crippen LogP contribution in [0, 0.1) is 5.82 Å². The lowest BCUT2D eigenvalue weighted by Gasteiger charge is -2.12. The highest BCUT2D eigenvalue weighted by molar-refractivity contribution is 5.95. The van der Waals surface area contributed by atoms with Crippen LogP contribution in [0.25, 0.3) is 11.0 Å². The summed E-state index contributed by atoms with van der Waals surface area (Å²) >= 11 is 0. The van der Waals surface area contributed by atoms with Gasteiger partial charge in [-0.3, -0.25) is 4.79 Å². The zero-order chi connectivity index (χ0) is 17.4. The van der Waals surface area contributed by atoms with Gasteiger partial charge in [0, 0.05) is 12.2 Å². The van der Waals surface area contributed by atoms with Gasteiger partial charge in [0.15, 0.2) is 11.5 Å². The lowest BCUT2D eigenvalue weighted by Crippen LogP contribution is -2.22. The average molecular weight is 334 g/mol. The Labute approximate surface area is 136 Å². The van der Waals surface area contributed by atoms with Gasteiger partial charge in [0.25, 0.3) is 0 Å². The Morgan fingerprint density at radius 1 is 1.38 bits per heavy atom. The molecule has 24 heavy (non-hydrogen) atoms. The molecule has 8 heteroatoms. The molecule has 0 radical (unpaired) electrons. The second-order valence-electron chi connectivity index (χ2n) is 5.41. The molecule has 7 nitrogen and oxygen atoms in total. The van der Waals surface area contributed by atoms with E-state index in [1.54, 1.807) is 11.5 Å². The fourth-order valence-electron chi connectivity index (χ4n) is 2.47. The van der Waals surface area contributed by atoms with E-state index in [4.69, 9.17) is 4.74 Å². The molecule has 2 aromatic rings. The van der Waals surface area contributed by atoms with Gasteiger partial charge < -0.3 is 14.0 Å². The van der Waals surface area contributed by atoms with Crippen LogP contribution in [0.2, 0.25) is 0 Å². The molecule has 1 aliphatic rings. The summed E-state index contributed by atoms with van der Waals surface area (Å²) in [6, 6.07) is 0.961. The van der Waals surface area contributed by atoms with Crippen molar-refractivity contribution in [2.75, 3.05) is 13.7 Å². The maximum atomic E-state index is 14.1. The van der Waals surface area contributed by atoms with Crippen LogP contribution in [-0.4, -0.2) is 35.2 Å². The number of nitrogens with zero attached hydrogens (tertiary/aromatic N) is 2. The molecule has 0 unspecified atom stereocenters. The number of esters is 2. The molecular formula is C16H15FN2O5. The maximum absolute atomic E-state index is 14.1. The molecule has 1 saturated carbocycles. The Bertz CT molecular complexity index is 901. The molecule has 0 saturated heterocycles. The Balaban J connectivity index is 2.30. The van der Waals surface area contributed by atoms with Crippen LogP contribution in [0.3, 0.4) is 0 Å². The fourth-order valence-corrected chi connectivity index (χ4v) is 2.47. The monoisotopic (exact) mass is 334 g/mol. The summed E-state index contributed by atoms with van der Waals surface area (Å²) in [6.07, 6.45) is 3.05.